The van der Waals surface area contributed by atoms with Crippen molar-refractivity contribution in [1.82, 2.24) is 10.2 Å². The van der Waals surface area contributed by atoms with E-state index < -0.39 is 0 Å². The second-order valence-electron chi connectivity index (χ2n) is 6.29. The third-order valence-electron chi connectivity index (χ3n) is 4.62. The maximum atomic E-state index is 12.6. The van der Waals surface area contributed by atoms with E-state index in [1.54, 1.807) is 0 Å². The zero-order chi connectivity index (χ0) is 13.2. The lowest BCUT2D eigenvalue weighted by molar-refractivity contribution is -0.145. The lowest BCUT2D eigenvalue weighted by Crippen LogP contribution is -2.51. The van der Waals surface area contributed by atoms with Crippen molar-refractivity contribution in [3.05, 3.63) is 0 Å². The van der Waals surface area contributed by atoms with Crippen molar-refractivity contribution in [1.29, 1.82) is 0 Å². The summed E-state index contributed by atoms with van der Waals surface area (Å²) in [6, 6.07) is 0. The van der Waals surface area contributed by atoms with Crippen LogP contribution in [-0.4, -0.2) is 48.2 Å². The lowest BCUT2D eigenvalue weighted by atomic mass is 9.73. The summed E-state index contributed by atoms with van der Waals surface area (Å²) >= 11 is 0. The number of carbonyl (C=O) groups excluding carboxylic acids is 1. The van der Waals surface area contributed by atoms with Crippen molar-refractivity contribution >= 4 is 5.91 Å². The van der Waals surface area contributed by atoms with E-state index in [4.69, 9.17) is 0 Å². The number of aliphatic hydroxyl groups is 1. The number of carbonyl (C=O) groups is 1. The largest absolute Gasteiger partial charge is 0.393 e. The highest BCUT2D eigenvalue weighted by Gasteiger charge is 2.40. The van der Waals surface area contributed by atoms with Crippen LogP contribution in [0.15, 0.2) is 0 Å². The van der Waals surface area contributed by atoms with E-state index in [0.29, 0.717) is 19.0 Å². The SMILES string of the molecule is CC(C)(C(=O)N1CCC(O)CC1)C1CCCNC1. The molecule has 4 heteroatoms. The minimum atomic E-state index is -0.282. The summed E-state index contributed by atoms with van der Waals surface area (Å²) in [7, 11) is 0. The standard InChI is InChI=1S/C14H26N2O2/c1-14(2,11-4-3-7-15-10-11)13(18)16-8-5-12(17)6-9-16/h11-12,15,17H,3-10H2,1-2H3. The smallest absolute Gasteiger partial charge is 0.228 e. The Morgan fingerprint density at radius 3 is 2.50 bits per heavy atom. The molecule has 0 radical (unpaired) electrons. The molecule has 4 nitrogen and oxygen atoms in total. The first kappa shape index (κ1) is 13.8. The number of hydrogen-bond acceptors (Lipinski definition) is 3. The third-order valence-corrected chi connectivity index (χ3v) is 4.62. The van der Waals surface area contributed by atoms with Gasteiger partial charge in [0.25, 0.3) is 0 Å². The molecule has 2 N–H and O–H groups in total. The normalized spacial score (nSPS) is 27.3. The van der Waals surface area contributed by atoms with Gasteiger partial charge in [0.1, 0.15) is 0 Å². The number of hydrogen-bond donors (Lipinski definition) is 2. The van der Waals surface area contributed by atoms with Gasteiger partial charge < -0.3 is 15.3 Å². The third kappa shape index (κ3) is 2.86. The fourth-order valence-electron chi connectivity index (χ4n) is 3.12. The molecule has 0 aliphatic carbocycles. The number of rotatable bonds is 2. The summed E-state index contributed by atoms with van der Waals surface area (Å²) in [5.74, 6) is 0.703. The van der Waals surface area contributed by atoms with Crippen LogP contribution < -0.4 is 5.32 Å². The molecule has 0 aromatic carbocycles. The highest BCUT2D eigenvalue weighted by atomic mass is 16.3. The average Bonchev–Trinajstić information content (AvgIpc) is 2.40. The van der Waals surface area contributed by atoms with Gasteiger partial charge in [-0.15, -0.1) is 0 Å². The van der Waals surface area contributed by atoms with Crippen molar-refractivity contribution in [2.24, 2.45) is 11.3 Å². The van der Waals surface area contributed by atoms with Gasteiger partial charge in [0.2, 0.25) is 5.91 Å². The molecule has 2 aliphatic rings. The minimum Gasteiger partial charge on any atom is -0.393 e. The Labute approximate surface area is 110 Å². The molecule has 2 heterocycles. The number of likely N-dealkylation sites (tertiary alicyclic amines) is 1. The average molecular weight is 254 g/mol. The number of piperidine rings is 2. The van der Waals surface area contributed by atoms with Gasteiger partial charge in [0.15, 0.2) is 0 Å². The Kier molecular flexibility index (Phi) is 4.28. The van der Waals surface area contributed by atoms with Crippen molar-refractivity contribution in [2.75, 3.05) is 26.2 Å². The number of nitrogens with one attached hydrogen (secondary N) is 1. The summed E-state index contributed by atoms with van der Waals surface area (Å²) in [6.45, 7) is 7.62. The summed E-state index contributed by atoms with van der Waals surface area (Å²) in [4.78, 5) is 14.6. The zero-order valence-corrected chi connectivity index (χ0v) is 11.6. The van der Waals surface area contributed by atoms with Gasteiger partial charge in [-0.25, -0.2) is 0 Å². The maximum absolute atomic E-state index is 12.6. The topological polar surface area (TPSA) is 52.6 Å². The molecule has 1 atom stereocenters. The van der Waals surface area contributed by atoms with Crippen LogP contribution in [0.5, 0.6) is 0 Å². The molecule has 0 saturated carbocycles. The molecule has 2 fully saturated rings. The Morgan fingerprint density at radius 2 is 1.94 bits per heavy atom. The molecular formula is C14H26N2O2. The summed E-state index contributed by atoms with van der Waals surface area (Å²) in [5.41, 5.74) is -0.282. The molecule has 0 aromatic rings. The second-order valence-corrected chi connectivity index (χ2v) is 6.29. The second kappa shape index (κ2) is 5.57. The van der Waals surface area contributed by atoms with Crippen LogP contribution in [0.2, 0.25) is 0 Å². The highest BCUT2D eigenvalue weighted by molar-refractivity contribution is 5.82. The first-order valence-electron chi connectivity index (χ1n) is 7.20. The molecule has 2 aliphatic heterocycles. The van der Waals surface area contributed by atoms with Crippen molar-refractivity contribution in [3.63, 3.8) is 0 Å². The first-order chi connectivity index (χ1) is 8.51. The summed E-state index contributed by atoms with van der Waals surface area (Å²) in [6.07, 6.45) is 3.55. The fourth-order valence-corrected chi connectivity index (χ4v) is 3.12. The van der Waals surface area contributed by atoms with Gasteiger partial charge in [-0.3, -0.25) is 4.79 Å². The van der Waals surface area contributed by atoms with Crippen LogP contribution in [0, 0.1) is 11.3 Å². The van der Waals surface area contributed by atoms with Crippen molar-refractivity contribution in [2.45, 2.75) is 45.6 Å². The summed E-state index contributed by atoms with van der Waals surface area (Å²) < 4.78 is 0. The van der Waals surface area contributed by atoms with Gasteiger partial charge in [-0.1, -0.05) is 13.8 Å². The van der Waals surface area contributed by atoms with Gasteiger partial charge in [0, 0.05) is 18.5 Å². The van der Waals surface area contributed by atoms with E-state index >= 15 is 0 Å². The van der Waals surface area contributed by atoms with Gasteiger partial charge in [-0.2, -0.15) is 0 Å². The monoisotopic (exact) mass is 254 g/mol. The number of aliphatic hydroxyl groups excluding tert-OH is 1. The van der Waals surface area contributed by atoms with Crippen molar-refractivity contribution in [3.8, 4) is 0 Å². The van der Waals surface area contributed by atoms with E-state index in [-0.39, 0.29) is 17.4 Å². The maximum Gasteiger partial charge on any atom is 0.228 e. The van der Waals surface area contributed by atoms with Crippen LogP contribution in [0.4, 0.5) is 0 Å². The predicted molar refractivity (Wildman–Crippen MR) is 71.2 cm³/mol. The van der Waals surface area contributed by atoms with Gasteiger partial charge in [0.05, 0.1) is 6.10 Å². The van der Waals surface area contributed by atoms with E-state index in [9.17, 15) is 9.90 Å². The zero-order valence-electron chi connectivity index (χ0n) is 11.6. The fraction of sp³-hybridized carbons (Fsp3) is 0.929. The Hall–Kier alpha value is -0.610. The minimum absolute atomic E-state index is 0.214. The molecule has 104 valence electrons. The van der Waals surface area contributed by atoms with E-state index in [2.05, 4.69) is 19.2 Å². The van der Waals surface area contributed by atoms with Crippen LogP contribution in [0.1, 0.15) is 39.5 Å². The van der Waals surface area contributed by atoms with E-state index in [1.165, 1.54) is 6.42 Å². The number of amides is 1. The molecule has 2 saturated heterocycles. The number of nitrogens with zero attached hydrogens (tertiary/aromatic N) is 1. The van der Waals surface area contributed by atoms with E-state index in [1.807, 2.05) is 4.90 Å². The predicted octanol–water partition coefficient (Wildman–Crippen LogP) is 0.995. The molecule has 2 rings (SSSR count). The van der Waals surface area contributed by atoms with E-state index in [0.717, 1.165) is 32.4 Å². The molecule has 1 unspecified atom stereocenters. The molecule has 18 heavy (non-hydrogen) atoms. The first-order valence-corrected chi connectivity index (χ1v) is 7.20. The Balaban J connectivity index is 1.97. The molecule has 0 bridgehead atoms. The van der Waals surface area contributed by atoms with Crippen LogP contribution in [0.3, 0.4) is 0 Å². The van der Waals surface area contributed by atoms with Crippen molar-refractivity contribution < 1.29 is 9.90 Å². The van der Waals surface area contributed by atoms with Gasteiger partial charge >= 0.3 is 0 Å². The summed E-state index contributed by atoms with van der Waals surface area (Å²) in [5, 5.41) is 12.9. The van der Waals surface area contributed by atoms with Gasteiger partial charge in [-0.05, 0) is 44.7 Å². The molecule has 0 spiro atoms. The highest BCUT2D eigenvalue weighted by Crippen LogP contribution is 2.34. The lowest BCUT2D eigenvalue weighted by Gasteiger charge is -2.41. The van der Waals surface area contributed by atoms with Crippen LogP contribution >= 0.6 is 0 Å². The molecular weight excluding hydrogens is 228 g/mol. The Bertz CT molecular complexity index is 290. The molecule has 0 aromatic heterocycles. The van der Waals surface area contributed by atoms with Crippen LogP contribution in [-0.2, 0) is 4.79 Å². The Morgan fingerprint density at radius 1 is 1.28 bits per heavy atom. The van der Waals surface area contributed by atoms with Crippen LogP contribution in [0.25, 0.3) is 0 Å². The molecule has 1 amide bonds. The quantitative estimate of drug-likeness (QED) is 0.773.